The number of carbonyl (C=O) groups is 1. The number of carbonyl (C=O) groups excluding carboxylic acids is 1. The topological polar surface area (TPSA) is 109 Å². The van der Waals surface area contributed by atoms with Crippen LogP contribution in [-0.2, 0) is 9.53 Å². The van der Waals surface area contributed by atoms with Gasteiger partial charge in [0.25, 0.3) is 0 Å². The van der Waals surface area contributed by atoms with Crippen LogP contribution in [0.25, 0.3) is 0 Å². The lowest BCUT2D eigenvalue weighted by Gasteiger charge is -2.43. The Morgan fingerprint density at radius 2 is 2.00 bits per heavy atom. The van der Waals surface area contributed by atoms with E-state index in [0.29, 0.717) is 44.0 Å². The molecule has 0 radical (unpaired) electrons. The van der Waals surface area contributed by atoms with Gasteiger partial charge in [-0.1, -0.05) is 62.8 Å². The summed E-state index contributed by atoms with van der Waals surface area (Å²) in [6.07, 6.45) is 18.3. The Balaban J connectivity index is 1.80. The lowest BCUT2D eigenvalue weighted by Crippen LogP contribution is -2.56. The summed E-state index contributed by atoms with van der Waals surface area (Å²) in [5.74, 6) is -0.294. The highest BCUT2D eigenvalue weighted by atomic mass is 19.1. The highest BCUT2D eigenvalue weighted by molar-refractivity contribution is 5.86. The van der Waals surface area contributed by atoms with Crippen molar-refractivity contribution >= 4 is 5.78 Å². The summed E-state index contributed by atoms with van der Waals surface area (Å²) in [5.41, 5.74) is 8.92. The predicted octanol–water partition coefficient (Wildman–Crippen LogP) is 5.00. The van der Waals surface area contributed by atoms with Gasteiger partial charge < -0.3 is 26.2 Å². The van der Waals surface area contributed by atoms with Crippen LogP contribution in [0.1, 0.15) is 79.6 Å². The molecule has 2 aliphatic carbocycles. The van der Waals surface area contributed by atoms with Gasteiger partial charge in [0.2, 0.25) is 0 Å². The first-order chi connectivity index (χ1) is 20.4. The minimum Gasteiger partial charge on any atom is -0.396 e. The Bertz CT molecular complexity index is 1090. The largest absolute Gasteiger partial charge is 0.396 e. The Morgan fingerprint density at radius 3 is 2.63 bits per heavy atom. The van der Waals surface area contributed by atoms with E-state index in [4.69, 9.17) is 10.5 Å². The molecule has 0 saturated carbocycles. The molecule has 43 heavy (non-hydrogen) atoms. The number of hydrogen-bond donors (Lipinski definition) is 5. The van der Waals surface area contributed by atoms with Crippen molar-refractivity contribution in [3.63, 3.8) is 0 Å². The standard InChI is InChI=1S/C35H57FN4O3/c1-24-7-10-28(30(37)12-8-24)20-35(16-14-34(4,5)15-17-35)40-31(19-25(2)33(36)26(3)38-6)32(42)22-39-21-27-9-11-29(13-18-41)43-23-27/h7-8,10,12,14,16,25,27,29-31,38-41H,9,11,13,15,17-23,37H2,1-6H3/b33-26+/t25?,27?,29-,30-,31+,35?/m0/s1. The van der Waals surface area contributed by atoms with Crippen LogP contribution in [0.5, 0.6) is 0 Å². The molecule has 3 aliphatic rings. The maximum Gasteiger partial charge on any atom is 0.163 e. The van der Waals surface area contributed by atoms with Crippen molar-refractivity contribution < 1.29 is 19.0 Å². The van der Waals surface area contributed by atoms with Crippen molar-refractivity contribution in [2.45, 2.75) is 103 Å². The molecule has 8 heteroatoms. The molecule has 242 valence electrons. The van der Waals surface area contributed by atoms with Gasteiger partial charge in [-0.2, -0.15) is 0 Å². The molecule has 1 heterocycles. The molecule has 0 aromatic carbocycles. The third-order valence-electron chi connectivity index (χ3n) is 9.40. The first-order valence-corrected chi connectivity index (χ1v) is 16.2. The van der Waals surface area contributed by atoms with Gasteiger partial charge in [0.05, 0.1) is 25.3 Å². The van der Waals surface area contributed by atoms with Crippen molar-refractivity contribution in [3.05, 3.63) is 59.1 Å². The average Bonchev–Trinajstić information content (AvgIpc) is 3.14. The maximum atomic E-state index is 15.3. The zero-order chi connectivity index (χ0) is 31.6. The number of halogens is 1. The summed E-state index contributed by atoms with van der Waals surface area (Å²) in [6.45, 7) is 11.8. The molecule has 0 bridgehead atoms. The van der Waals surface area contributed by atoms with Crippen LogP contribution >= 0.6 is 0 Å². The van der Waals surface area contributed by atoms with Crippen LogP contribution < -0.4 is 21.7 Å². The fraction of sp³-hybridized carbons (Fsp3) is 0.686. The summed E-state index contributed by atoms with van der Waals surface area (Å²) in [4.78, 5) is 13.9. The molecule has 0 spiro atoms. The molecular formula is C35H57FN4O3. The SMILES string of the molecule is CN/C(C)=C(/F)C(C)C[C@@H](NC1(CC2=CC=C(C)C=C[C@@H]2N)C=CC(C)(C)CC1)C(=O)CNCC1CC[C@@H](CCO)OC1. The van der Waals surface area contributed by atoms with Gasteiger partial charge in [-0.3, -0.25) is 10.1 Å². The van der Waals surface area contributed by atoms with Gasteiger partial charge in [-0.05, 0) is 75.7 Å². The minimum absolute atomic E-state index is 0.0315. The number of nitrogens with one attached hydrogen (secondary N) is 3. The van der Waals surface area contributed by atoms with Crippen molar-refractivity contribution in [2.75, 3.05) is 33.4 Å². The maximum absolute atomic E-state index is 15.3. The van der Waals surface area contributed by atoms with Gasteiger partial charge in [0.1, 0.15) is 5.83 Å². The fourth-order valence-electron chi connectivity index (χ4n) is 6.22. The van der Waals surface area contributed by atoms with E-state index in [2.05, 4.69) is 67.1 Å². The third kappa shape index (κ3) is 10.8. The second-order valence-electron chi connectivity index (χ2n) is 13.8. The van der Waals surface area contributed by atoms with Crippen LogP contribution in [-0.4, -0.2) is 68.0 Å². The van der Waals surface area contributed by atoms with Gasteiger partial charge in [-0.25, -0.2) is 4.39 Å². The molecule has 0 amide bonds. The summed E-state index contributed by atoms with van der Waals surface area (Å²) in [7, 11) is 1.71. The minimum atomic E-state index is -0.546. The highest BCUT2D eigenvalue weighted by Gasteiger charge is 2.39. The van der Waals surface area contributed by atoms with E-state index in [0.717, 1.165) is 36.8 Å². The number of nitrogens with two attached hydrogens (primary N) is 1. The number of Topliss-reactive ketones (excluding diaryl/α,β-unsaturated/α-hetero) is 1. The number of aliphatic hydroxyl groups excluding tert-OH is 1. The van der Waals surface area contributed by atoms with Gasteiger partial charge in [0.15, 0.2) is 5.78 Å². The summed E-state index contributed by atoms with van der Waals surface area (Å²) < 4.78 is 21.1. The molecular weight excluding hydrogens is 543 g/mol. The number of aliphatic hydroxyl groups is 1. The number of allylic oxidation sites excluding steroid dienone is 7. The van der Waals surface area contributed by atoms with Crippen molar-refractivity contribution in [3.8, 4) is 0 Å². The lowest BCUT2D eigenvalue weighted by atomic mass is 9.71. The average molecular weight is 601 g/mol. The van der Waals surface area contributed by atoms with Crippen LogP contribution in [0.3, 0.4) is 0 Å². The smallest absolute Gasteiger partial charge is 0.163 e. The van der Waals surface area contributed by atoms with Crippen molar-refractivity contribution in [2.24, 2.45) is 23.0 Å². The zero-order valence-corrected chi connectivity index (χ0v) is 27.3. The monoisotopic (exact) mass is 600 g/mol. The van der Waals surface area contributed by atoms with Crippen LogP contribution in [0.4, 0.5) is 4.39 Å². The number of ketones is 1. The zero-order valence-electron chi connectivity index (χ0n) is 27.3. The second-order valence-corrected chi connectivity index (χ2v) is 13.8. The summed E-state index contributed by atoms with van der Waals surface area (Å²) in [6, 6.07) is -0.755. The third-order valence-corrected chi connectivity index (χ3v) is 9.40. The normalized spacial score (nSPS) is 29.2. The highest BCUT2D eigenvalue weighted by Crippen LogP contribution is 2.39. The van der Waals surface area contributed by atoms with E-state index in [9.17, 15) is 9.90 Å². The Morgan fingerprint density at radius 1 is 1.23 bits per heavy atom. The molecule has 1 fully saturated rings. The van der Waals surface area contributed by atoms with E-state index in [1.54, 1.807) is 14.0 Å². The van der Waals surface area contributed by atoms with E-state index < -0.39 is 17.5 Å². The van der Waals surface area contributed by atoms with E-state index in [-0.39, 0.29) is 42.3 Å². The molecule has 1 saturated heterocycles. The lowest BCUT2D eigenvalue weighted by molar-refractivity contribution is -0.121. The number of ether oxygens (including phenoxy) is 1. The molecule has 6 N–H and O–H groups in total. The molecule has 3 unspecified atom stereocenters. The van der Waals surface area contributed by atoms with Gasteiger partial charge in [-0.15, -0.1) is 0 Å². The van der Waals surface area contributed by atoms with Crippen LogP contribution in [0.15, 0.2) is 59.1 Å². The number of rotatable bonds is 15. The van der Waals surface area contributed by atoms with E-state index >= 15 is 4.39 Å². The van der Waals surface area contributed by atoms with Crippen molar-refractivity contribution in [1.82, 2.24) is 16.0 Å². The van der Waals surface area contributed by atoms with E-state index in [1.807, 2.05) is 13.0 Å². The summed E-state index contributed by atoms with van der Waals surface area (Å²) in [5, 5.41) is 19.3. The quantitative estimate of drug-likeness (QED) is 0.168. The van der Waals surface area contributed by atoms with Gasteiger partial charge in [0, 0.05) is 43.4 Å². The molecule has 0 aromatic heterocycles. The predicted molar refractivity (Wildman–Crippen MR) is 174 cm³/mol. The fourth-order valence-corrected chi connectivity index (χ4v) is 6.22. The molecule has 6 atom stereocenters. The first-order valence-electron chi connectivity index (χ1n) is 16.2. The summed E-state index contributed by atoms with van der Waals surface area (Å²) >= 11 is 0. The van der Waals surface area contributed by atoms with Crippen LogP contribution in [0, 0.1) is 17.3 Å². The van der Waals surface area contributed by atoms with Crippen LogP contribution in [0.2, 0.25) is 0 Å². The Kier molecular flexibility index (Phi) is 13.4. The van der Waals surface area contributed by atoms with Gasteiger partial charge >= 0.3 is 0 Å². The van der Waals surface area contributed by atoms with E-state index in [1.165, 1.54) is 0 Å². The molecule has 1 aliphatic heterocycles. The Hall–Kier alpha value is -2.10. The second kappa shape index (κ2) is 16.3. The molecule has 7 nitrogen and oxygen atoms in total. The van der Waals surface area contributed by atoms with Crippen molar-refractivity contribution in [1.29, 1.82) is 0 Å². The number of hydrogen-bond acceptors (Lipinski definition) is 7. The Labute approximate surface area is 259 Å². The first kappa shape index (κ1) is 35.4. The molecule has 0 aromatic rings. The molecule has 3 rings (SSSR count).